The molecule has 3 aromatic carbocycles. The third-order valence-electron chi connectivity index (χ3n) is 5.89. The molecule has 0 unspecified atom stereocenters. The Labute approximate surface area is 214 Å². The smallest absolute Gasteiger partial charge is 0.261 e. The van der Waals surface area contributed by atoms with E-state index in [0.29, 0.717) is 0 Å². The maximum Gasteiger partial charge on any atom is 0.261 e. The highest BCUT2D eigenvalue weighted by Gasteiger charge is 2.32. The molecule has 1 aliphatic rings. The summed E-state index contributed by atoms with van der Waals surface area (Å²) in [6, 6.07) is 10.6. The quantitative estimate of drug-likeness (QED) is 0.268. The minimum absolute atomic E-state index is 0.0590. The molecule has 1 aliphatic heterocycles. The zero-order valence-corrected chi connectivity index (χ0v) is 20.7. The Bertz CT molecular complexity index is 1450. The van der Waals surface area contributed by atoms with Crippen LogP contribution in [-0.4, -0.2) is 44.8 Å². The number of halogens is 6. The lowest BCUT2D eigenvalue weighted by Crippen LogP contribution is -2.49. The molecule has 0 atom stereocenters. The van der Waals surface area contributed by atoms with Crippen LogP contribution < -0.4 is 10.2 Å². The second-order valence-corrected chi connectivity index (χ2v) is 10.6. The molecule has 1 amide bonds. The van der Waals surface area contributed by atoms with Gasteiger partial charge in [-0.05, 0) is 31.2 Å². The van der Waals surface area contributed by atoms with Gasteiger partial charge < -0.3 is 10.2 Å². The van der Waals surface area contributed by atoms with Crippen molar-refractivity contribution >= 4 is 38.9 Å². The van der Waals surface area contributed by atoms with E-state index in [4.69, 9.17) is 11.6 Å². The van der Waals surface area contributed by atoms with Gasteiger partial charge >= 0.3 is 0 Å². The molecule has 1 fully saturated rings. The van der Waals surface area contributed by atoms with E-state index in [1.165, 1.54) is 34.6 Å². The Kier molecular flexibility index (Phi) is 7.45. The van der Waals surface area contributed by atoms with E-state index in [1.807, 2.05) is 6.92 Å². The van der Waals surface area contributed by atoms with Gasteiger partial charge in [-0.3, -0.25) is 4.79 Å². The Hall–Kier alpha value is -3.22. The molecule has 1 saturated heterocycles. The van der Waals surface area contributed by atoms with Crippen LogP contribution in [0, 0.1) is 36.0 Å². The lowest BCUT2D eigenvalue weighted by atomic mass is 10.1. The zero-order chi connectivity index (χ0) is 27.1. The third-order valence-corrected chi connectivity index (χ3v) is 8.10. The zero-order valence-electron chi connectivity index (χ0n) is 19.2. The predicted molar refractivity (Wildman–Crippen MR) is 128 cm³/mol. The van der Waals surface area contributed by atoms with Gasteiger partial charge in [0, 0.05) is 26.2 Å². The average molecular weight is 560 g/mol. The number of carbonyl (C=O) groups excluding carboxylic acids is 1. The van der Waals surface area contributed by atoms with E-state index in [2.05, 4.69) is 5.32 Å². The largest absolute Gasteiger partial charge is 0.366 e. The Morgan fingerprint density at radius 2 is 1.38 bits per heavy atom. The summed E-state index contributed by atoms with van der Waals surface area (Å²) in [6.07, 6.45) is 0. The van der Waals surface area contributed by atoms with Crippen LogP contribution in [0.5, 0.6) is 0 Å². The van der Waals surface area contributed by atoms with E-state index in [0.717, 1.165) is 5.56 Å². The van der Waals surface area contributed by atoms with Gasteiger partial charge in [0.2, 0.25) is 15.8 Å². The van der Waals surface area contributed by atoms with Gasteiger partial charge in [0.25, 0.3) is 5.91 Å². The van der Waals surface area contributed by atoms with Gasteiger partial charge in [-0.2, -0.15) is 4.31 Å². The summed E-state index contributed by atoms with van der Waals surface area (Å²) < 4.78 is 96.0. The molecule has 0 aromatic heterocycles. The number of carbonyl (C=O) groups is 1. The van der Waals surface area contributed by atoms with Crippen LogP contribution in [0.15, 0.2) is 47.4 Å². The molecule has 13 heteroatoms. The SMILES string of the molecule is Cc1ccc(S(=O)(=O)N2CCN(c3c(Cl)cccc3NC(=O)c3c(F)c(F)c(F)c(F)c3F)CC2)cc1. The first-order valence-corrected chi connectivity index (χ1v) is 12.7. The monoisotopic (exact) mass is 559 g/mol. The van der Waals surface area contributed by atoms with Crippen molar-refractivity contribution < 1.29 is 35.2 Å². The third kappa shape index (κ3) is 5.00. The molecule has 3 aromatic rings. The number of sulfonamides is 1. The molecule has 0 aliphatic carbocycles. The van der Waals surface area contributed by atoms with Gasteiger partial charge in [0.05, 0.1) is 21.3 Å². The number of anilines is 2. The lowest BCUT2D eigenvalue weighted by Gasteiger charge is -2.36. The van der Waals surface area contributed by atoms with Crippen LogP contribution in [0.1, 0.15) is 15.9 Å². The number of nitrogens with zero attached hydrogens (tertiary/aromatic N) is 2. The van der Waals surface area contributed by atoms with Gasteiger partial charge in [-0.25, -0.2) is 30.4 Å². The highest BCUT2D eigenvalue weighted by molar-refractivity contribution is 7.89. The molecule has 1 N–H and O–H groups in total. The van der Waals surface area contributed by atoms with Crippen molar-refractivity contribution in [3.05, 3.63) is 87.7 Å². The van der Waals surface area contributed by atoms with Crippen molar-refractivity contribution in [3.8, 4) is 0 Å². The van der Waals surface area contributed by atoms with Crippen LogP contribution in [0.25, 0.3) is 0 Å². The molecule has 1 heterocycles. The molecule has 196 valence electrons. The molecule has 0 bridgehead atoms. The fourth-order valence-corrected chi connectivity index (χ4v) is 5.65. The molecular formula is C24H19ClF5N3O3S. The topological polar surface area (TPSA) is 69.7 Å². The molecular weight excluding hydrogens is 541 g/mol. The number of piperazine rings is 1. The van der Waals surface area contributed by atoms with Crippen molar-refractivity contribution in [1.82, 2.24) is 4.31 Å². The predicted octanol–water partition coefficient (Wildman–Crippen LogP) is 5.11. The molecule has 37 heavy (non-hydrogen) atoms. The number of amides is 1. The number of benzene rings is 3. The van der Waals surface area contributed by atoms with E-state index in [9.17, 15) is 35.2 Å². The molecule has 0 spiro atoms. The summed E-state index contributed by atoms with van der Waals surface area (Å²) in [5.41, 5.74) is -0.593. The first kappa shape index (κ1) is 26.8. The first-order chi connectivity index (χ1) is 17.4. The number of para-hydroxylation sites is 1. The Morgan fingerprint density at radius 3 is 1.95 bits per heavy atom. The summed E-state index contributed by atoms with van der Waals surface area (Å²) in [6.45, 7) is 2.24. The number of aryl methyl sites for hydroxylation is 1. The molecule has 6 nitrogen and oxygen atoms in total. The summed E-state index contributed by atoms with van der Waals surface area (Å²) in [5.74, 6) is -13.0. The minimum atomic E-state index is -3.76. The lowest BCUT2D eigenvalue weighted by molar-refractivity contribution is 0.101. The molecule has 0 saturated carbocycles. The number of hydrogen-bond donors (Lipinski definition) is 1. The van der Waals surface area contributed by atoms with Crippen molar-refractivity contribution in [2.24, 2.45) is 0 Å². The van der Waals surface area contributed by atoms with E-state index >= 15 is 0 Å². The Balaban J connectivity index is 1.58. The maximum atomic E-state index is 14.1. The number of hydrogen-bond acceptors (Lipinski definition) is 4. The highest BCUT2D eigenvalue weighted by atomic mass is 35.5. The normalized spacial score (nSPS) is 14.6. The van der Waals surface area contributed by atoms with Gasteiger partial charge in [0.1, 0.15) is 5.56 Å². The van der Waals surface area contributed by atoms with E-state index in [-0.39, 0.29) is 47.5 Å². The second kappa shape index (κ2) is 10.3. The Morgan fingerprint density at radius 1 is 0.838 bits per heavy atom. The van der Waals surface area contributed by atoms with Crippen molar-refractivity contribution in [3.63, 3.8) is 0 Å². The van der Waals surface area contributed by atoms with Crippen molar-refractivity contribution in [2.75, 3.05) is 36.4 Å². The summed E-state index contributed by atoms with van der Waals surface area (Å²) in [5, 5.41) is 2.28. The van der Waals surface area contributed by atoms with Gasteiger partial charge in [-0.1, -0.05) is 35.4 Å². The average Bonchev–Trinajstić information content (AvgIpc) is 2.87. The molecule has 4 rings (SSSR count). The van der Waals surface area contributed by atoms with Crippen LogP contribution in [0.4, 0.5) is 33.3 Å². The fourth-order valence-electron chi connectivity index (χ4n) is 3.94. The molecule has 0 radical (unpaired) electrons. The van der Waals surface area contributed by atoms with Crippen molar-refractivity contribution in [2.45, 2.75) is 11.8 Å². The van der Waals surface area contributed by atoms with Crippen LogP contribution >= 0.6 is 11.6 Å². The number of nitrogens with one attached hydrogen (secondary N) is 1. The van der Waals surface area contributed by atoms with Crippen molar-refractivity contribution in [1.29, 1.82) is 0 Å². The minimum Gasteiger partial charge on any atom is -0.366 e. The van der Waals surface area contributed by atoms with E-state index in [1.54, 1.807) is 17.0 Å². The van der Waals surface area contributed by atoms with E-state index < -0.39 is 50.6 Å². The van der Waals surface area contributed by atoms with Crippen LogP contribution in [-0.2, 0) is 10.0 Å². The van der Waals surface area contributed by atoms with Crippen LogP contribution in [0.2, 0.25) is 5.02 Å². The van der Waals surface area contributed by atoms with Crippen LogP contribution in [0.3, 0.4) is 0 Å². The second-order valence-electron chi connectivity index (χ2n) is 8.24. The summed E-state index contributed by atoms with van der Waals surface area (Å²) >= 11 is 6.32. The number of rotatable bonds is 5. The summed E-state index contributed by atoms with van der Waals surface area (Å²) in [4.78, 5) is 14.4. The summed E-state index contributed by atoms with van der Waals surface area (Å²) in [7, 11) is -3.76. The first-order valence-electron chi connectivity index (χ1n) is 10.9. The van der Waals surface area contributed by atoms with Gasteiger partial charge in [0.15, 0.2) is 23.3 Å². The van der Waals surface area contributed by atoms with Gasteiger partial charge in [-0.15, -0.1) is 0 Å². The maximum absolute atomic E-state index is 14.1. The fraction of sp³-hybridized carbons (Fsp3) is 0.208. The highest BCUT2D eigenvalue weighted by Crippen LogP contribution is 2.36. The standard InChI is InChI=1S/C24H19ClF5N3O3S/c1-13-5-7-14(8-6-13)37(35,36)33-11-9-32(10-12-33)23-15(25)3-2-4-16(23)31-24(34)17-18(26)20(28)22(30)21(29)19(17)27/h2-8H,9-12H2,1H3,(H,31,34).